The summed E-state index contributed by atoms with van der Waals surface area (Å²) in [6.45, 7) is 3.62. The van der Waals surface area contributed by atoms with Gasteiger partial charge in [0.25, 0.3) is 5.91 Å². The van der Waals surface area contributed by atoms with Crippen LogP contribution in [0.2, 0.25) is 0 Å². The monoisotopic (exact) mass is 387 g/mol. The van der Waals surface area contributed by atoms with Gasteiger partial charge in [-0.25, -0.2) is 0 Å². The molecule has 1 aliphatic heterocycles. The lowest BCUT2D eigenvalue weighted by Gasteiger charge is -2.33. The molecule has 1 aliphatic carbocycles. The number of carbonyl (C=O) groups excluding carboxylic acids is 2. The SMILES string of the molecule is CC1CCC(NC(=O)C2CCN(C(=O)c3cc4sccc4n3C)CC2)CC1. The van der Waals surface area contributed by atoms with Gasteiger partial charge in [0.05, 0.1) is 10.2 Å². The van der Waals surface area contributed by atoms with Crippen molar-refractivity contribution in [1.29, 1.82) is 0 Å². The molecule has 0 radical (unpaired) electrons. The largest absolute Gasteiger partial charge is 0.353 e. The second-order valence-electron chi connectivity index (χ2n) is 8.29. The van der Waals surface area contributed by atoms with Crippen LogP contribution >= 0.6 is 11.3 Å². The number of aromatic nitrogens is 1. The molecule has 2 amide bonds. The summed E-state index contributed by atoms with van der Waals surface area (Å²) in [4.78, 5) is 27.4. The highest BCUT2D eigenvalue weighted by atomic mass is 32.1. The summed E-state index contributed by atoms with van der Waals surface area (Å²) in [6, 6.07) is 4.40. The summed E-state index contributed by atoms with van der Waals surface area (Å²) >= 11 is 1.66. The summed E-state index contributed by atoms with van der Waals surface area (Å²) in [7, 11) is 1.95. The number of rotatable bonds is 3. The number of fused-ring (bicyclic) bond motifs is 1. The van der Waals surface area contributed by atoms with Crippen molar-refractivity contribution in [2.75, 3.05) is 13.1 Å². The Morgan fingerprint density at radius 3 is 2.48 bits per heavy atom. The highest BCUT2D eigenvalue weighted by Crippen LogP contribution is 2.27. The van der Waals surface area contributed by atoms with Crippen LogP contribution in [0.4, 0.5) is 0 Å². The zero-order valence-electron chi connectivity index (χ0n) is 16.2. The number of likely N-dealkylation sites (tertiary alicyclic amines) is 1. The lowest BCUT2D eigenvalue weighted by Crippen LogP contribution is -2.46. The van der Waals surface area contributed by atoms with Crippen LogP contribution in [0.25, 0.3) is 10.2 Å². The maximum atomic E-state index is 12.9. The summed E-state index contributed by atoms with van der Waals surface area (Å²) in [5, 5.41) is 5.31. The van der Waals surface area contributed by atoms with Crippen molar-refractivity contribution in [3.8, 4) is 0 Å². The standard InChI is InChI=1S/C21H29N3O2S/c1-14-3-5-16(6-4-14)22-20(25)15-7-10-24(11-8-15)21(26)18-13-19-17(23(18)2)9-12-27-19/h9,12-16H,3-8,10-11H2,1-2H3,(H,22,25). The Morgan fingerprint density at radius 1 is 1.11 bits per heavy atom. The number of nitrogens with zero attached hydrogens (tertiary/aromatic N) is 2. The number of hydrogen-bond acceptors (Lipinski definition) is 3. The van der Waals surface area contributed by atoms with Crippen LogP contribution in [0.15, 0.2) is 17.5 Å². The Labute approximate surface area is 164 Å². The van der Waals surface area contributed by atoms with E-state index in [0.29, 0.717) is 19.1 Å². The summed E-state index contributed by atoms with van der Waals surface area (Å²) in [5.74, 6) is 1.12. The number of carbonyl (C=O) groups is 2. The molecule has 6 heteroatoms. The van der Waals surface area contributed by atoms with E-state index in [1.54, 1.807) is 11.3 Å². The fraction of sp³-hybridized carbons (Fsp3) is 0.619. The van der Waals surface area contributed by atoms with Gasteiger partial charge in [-0.05, 0) is 62.0 Å². The zero-order valence-corrected chi connectivity index (χ0v) is 17.1. The fourth-order valence-electron chi connectivity index (χ4n) is 4.49. The van der Waals surface area contributed by atoms with Gasteiger partial charge >= 0.3 is 0 Å². The topological polar surface area (TPSA) is 54.3 Å². The molecule has 2 aromatic rings. The van der Waals surface area contributed by atoms with Gasteiger partial charge in [-0.1, -0.05) is 6.92 Å². The van der Waals surface area contributed by atoms with Gasteiger partial charge < -0.3 is 14.8 Å². The molecule has 0 unspecified atom stereocenters. The van der Waals surface area contributed by atoms with Crippen molar-refractivity contribution in [3.05, 3.63) is 23.2 Å². The molecule has 0 atom stereocenters. The van der Waals surface area contributed by atoms with Gasteiger partial charge in [0.1, 0.15) is 5.69 Å². The number of nitrogens with one attached hydrogen (secondary N) is 1. The first-order chi connectivity index (χ1) is 13.0. The first-order valence-electron chi connectivity index (χ1n) is 10.2. The first kappa shape index (κ1) is 18.5. The van der Waals surface area contributed by atoms with Crippen molar-refractivity contribution >= 4 is 33.4 Å². The van der Waals surface area contributed by atoms with Crippen molar-refractivity contribution in [2.45, 2.75) is 51.5 Å². The van der Waals surface area contributed by atoms with Crippen LogP contribution in [0, 0.1) is 11.8 Å². The number of hydrogen-bond donors (Lipinski definition) is 1. The maximum Gasteiger partial charge on any atom is 0.270 e. The second-order valence-corrected chi connectivity index (χ2v) is 9.24. The molecule has 0 bridgehead atoms. The van der Waals surface area contributed by atoms with E-state index in [-0.39, 0.29) is 17.7 Å². The molecule has 0 aromatic carbocycles. The van der Waals surface area contributed by atoms with Gasteiger partial charge in [0.2, 0.25) is 5.91 Å². The quantitative estimate of drug-likeness (QED) is 0.871. The van der Waals surface area contributed by atoms with Crippen LogP contribution in [-0.4, -0.2) is 40.4 Å². The highest BCUT2D eigenvalue weighted by Gasteiger charge is 2.30. The Kier molecular flexibility index (Phi) is 5.26. The zero-order chi connectivity index (χ0) is 19.0. The lowest BCUT2D eigenvalue weighted by molar-refractivity contribution is -0.127. The van der Waals surface area contributed by atoms with Gasteiger partial charge in [0, 0.05) is 32.1 Å². The molecule has 1 saturated carbocycles. The van der Waals surface area contributed by atoms with E-state index < -0.39 is 0 Å². The van der Waals surface area contributed by atoms with Crippen LogP contribution in [0.3, 0.4) is 0 Å². The number of amides is 2. The average Bonchev–Trinajstić information content (AvgIpc) is 3.26. The molecule has 2 aliphatic rings. The van der Waals surface area contributed by atoms with Crippen LogP contribution in [0.5, 0.6) is 0 Å². The van der Waals surface area contributed by atoms with Crippen molar-refractivity contribution in [1.82, 2.24) is 14.8 Å². The third kappa shape index (κ3) is 3.77. The van der Waals surface area contributed by atoms with Crippen molar-refractivity contribution in [2.24, 2.45) is 18.9 Å². The predicted molar refractivity (Wildman–Crippen MR) is 109 cm³/mol. The molecule has 146 valence electrons. The molecule has 2 fully saturated rings. The number of piperidine rings is 1. The predicted octanol–water partition coefficient (Wildman–Crippen LogP) is 3.79. The van der Waals surface area contributed by atoms with Gasteiger partial charge in [-0.3, -0.25) is 9.59 Å². The van der Waals surface area contributed by atoms with E-state index in [9.17, 15) is 9.59 Å². The summed E-state index contributed by atoms with van der Waals surface area (Å²) in [5.41, 5.74) is 1.86. The van der Waals surface area contributed by atoms with Crippen LogP contribution in [-0.2, 0) is 11.8 Å². The van der Waals surface area contributed by atoms with E-state index in [2.05, 4.69) is 23.7 Å². The van der Waals surface area contributed by atoms with Gasteiger partial charge in [-0.15, -0.1) is 11.3 Å². The summed E-state index contributed by atoms with van der Waals surface area (Å²) < 4.78 is 3.13. The molecule has 5 nitrogen and oxygen atoms in total. The molecule has 2 aromatic heterocycles. The van der Waals surface area contributed by atoms with Crippen LogP contribution < -0.4 is 5.32 Å². The molecular formula is C21H29N3O2S. The van der Waals surface area contributed by atoms with E-state index in [0.717, 1.165) is 47.5 Å². The Bertz CT molecular complexity index is 824. The Morgan fingerprint density at radius 2 is 1.81 bits per heavy atom. The van der Waals surface area contributed by atoms with Crippen molar-refractivity contribution in [3.63, 3.8) is 0 Å². The van der Waals surface area contributed by atoms with Crippen LogP contribution in [0.1, 0.15) is 55.9 Å². The maximum absolute atomic E-state index is 12.9. The summed E-state index contributed by atoms with van der Waals surface area (Å²) in [6.07, 6.45) is 6.17. The van der Waals surface area contributed by atoms with Crippen molar-refractivity contribution < 1.29 is 9.59 Å². The molecule has 3 heterocycles. The molecule has 1 saturated heterocycles. The minimum Gasteiger partial charge on any atom is -0.353 e. The molecule has 1 N–H and O–H groups in total. The minimum absolute atomic E-state index is 0.0466. The Balaban J connectivity index is 1.31. The van der Waals surface area contributed by atoms with E-state index in [1.165, 1.54) is 12.8 Å². The van der Waals surface area contributed by atoms with E-state index >= 15 is 0 Å². The average molecular weight is 388 g/mol. The first-order valence-corrected chi connectivity index (χ1v) is 11.0. The molecular weight excluding hydrogens is 358 g/mol. The third-order valence-electron chi connectivity index (χ3n) is 6.40. The van der Waals surface area contributed by atoms with Gasteiger partial charge in [0.15, 0.2) is 0 Å². The number of aryl methyl sites for hydroxylation is 1. The number of thiophene rings is 1. The molecule has 0 spiro atoms. The molecule has 4 rings (SSSR count). The van der Waals surface area contributed by atoms with E-state index in [4.69, 9.17) is 0 Å². The fourth-order valence-corrected chi connectivity index (χ4v) is 5.33. The smallest absolute Gasteiger partial charge is 0.270 e. The van der Waals surface area contributed by atoms with Gasteiger partial charge in [-0.2, -0.15) is 0 Å². The highest BCUT2D eigenvalue weighted by molar-refractivity contribution is 7.17. The Hall–Kier alpha value is -1.82. The van der Waals surface area contributed by atoms with E-state index in [1.807, 2.05) is 22.6 Å². The molecule has 27 heavy (non-hydrogen) atoms. The minimum atomic E-state index is 0.0466. The lowest BCUT2D eigenvalue weighted by atomic mass is 9.86. The third-order valence-corrected chi connectivity index (χ3v) is 7.25. The second kappa shape index (κ2) is 7.66. The normalized spacial score (nSPS) is 24.3.